The number of carbonyl (C=O) groups excluding carboxylic acids is 2. The molecule has 1 aliphatic heterocycles. The topological polar surface area (TPSA) is 108 Å². The normalized spacial score (nSPS) is 16.3. The SMILES string of the molecule is CC(=O)NC(c1nccs1)C1CCN(C(=O)c2ccccc2NS(C)(=O)=O)CC1. The first-order chi connectivity index (χ1) is 13.7. The van der Waals surface area contributed by atoms with Gasteiger partial charge in [-0.1, -0.05) is 12.1 Å². The second kappa shape index (κ2) is 8.91. The molecule has 1 saturated heterocycles. The molecule has 10 heteroatoms. The van der Waals surface area contributed by atoms with E-state index in [9.17, 15) is 18.0 Å². The zero-order valence-electron chi connectivity index (χ0n) is 16.3. The second-order valence-corrected chi connectivity index (χ2v) is 9.77. The lowest BCUT2D eigenvalue weighted by Crippen LogP contribution is -2.42. The molecule has 1 atom stereocenters. The summed E-state index contributed by atoms with van der Waals surface area (Å²) in [5.74, 6) is -0.136. The summed E-state index contributed by atoms with van der Waals surface area (Å²) < 4.78 is 25.6. The Balaban J connectivity index is 1.71. The van der Waals surface area contributed by atoms with Gasteiger partial charge >= 0.3 is 0 Å². The Kier molecular flexibility index (Phi) is 6.53. The van der Waals surface area contributed by atoms with Gasteiger partial charge in [0.2, 0.25) is 15.9 Å². The number of hydrogen-bond acceptors (Lipinski definition) is 6. The number of amides is 2. The first-order valence-corrected chi connectivity index (χ1v) is 12.0. The van der Waals surface area contributed by atoms with Gasteiger partial charge < -0.3 is 10.2 Å². The number of nitrogens with zero attached hydrogens (tertiary/aromatic N) is 2. The molecule has 2 amide bonds. The molecule has 2 aromatic rings. The molecule has 156 valence electrons. The fraction of sp³-hybridized carbons (Fsp3) is 0.421. The number of thiazole rings is 1. The Morgan fingerprint density at radius 2 is 1.93 bits per heavy atom. The number of benzene rings is 1. The van der Waals surface area contributed by atoms with Crippen LogP contribution in [0, 0.1) is 5.92 Å². The number of carbonyl (C=O) groups is 2. The highest BCUT2D eigenvalue weighted by Gasteiger charge is 2.32. The van der Waals surface area contributed by atoms with Crippen molar-refractivity contribution >= 4 is 38.9 Å². The van der Waals surface area contributed by atoms with Crippen LogP contribution in [0.2, 0.25) is 0 Å². The molecule has 8 nitrogen and oxygen atoms in total. The number of likely N-dealkylation sites (tertiary alicyclic amines) is 1. The molecular formula is C19H24N4O4S2. The Morgan fingerprint density at radius 1 is 1.24 bits per heavy atom. The van der Waals surface area contributed by atoms with E-state index in [4.69, 9.17) is 0 Å². The number of piperidine rings is 1. The van der Waals surface area contributed by atoms with Gasteiger partial charge in [0.1, 0.15) is 5.01 Å². The van der Waals surface area contributed by atoms with Crippen molar-refractivity contribution < 1.29 is 18.0 Å². The van der Waals surface area contributed by atoms with Gasteiger partial charge in [-0.15, -0.1) is 11.3 Å². The van der Waals surface area contributed by atoms with E-state index >= 15 is 0 Å². The number of rotatable bonds is 6. The summed E-state index contributed by atoms with van der Waals surface area (Å²) in [6.07, 6.45) is 4.22. The van der Waals surface area contributed by atoms with Crippen LogP contribution in [0.1, 0.15) is 41.2 Å². The van der Waals surface area contributed by atoms with Gasteiger partial charge in [-0.2, -0.15) is 0 Å². The number of aromatic nitrogens is 1. The molecule has 1 fully saturated rings. The fourth-order valence-corrected chi connectivity index (χ4v) is 4.91. The Labute approximate surface area is 174 Å². The molecule has 1 aromatic heterocycles. The highest BCUT2D eigenvalue weighted by atomic mass is 32.2. The van der Waals surface area contributed by atoms with E-state index in [0.717, 1.165) is 24.1 Å². The van der Waals surface area contributed by atoms with E-state index in [1.54, 1.807) is 35.4 Å². The van der Waals surface area contributed by atoms with E-state index in [-0.39, 0.29) is 29.5 Å². The fourth-order valence-electron chi connectivity index (χ4n) is 3.55. The predicted molar refractivity (Wildman–Crippen MR) is 112 cm³/mol. The van der Waals surface area contributed by atoms with Crippen LogP contribution < -0.4 is 10.0 Å². The van der Waals surface area contributed by atoms with Crippen LogP contribution in [0.4, 0.5) is 5.69 Å². The minimum absolute atomic E-state index is 0.107. The molecule has 0 saturated carbocycles. The zero-order valence-corrected chi connectivity index (χ0v) is 17.9. The molecule has 0 spiro atoms. The molecule has 0 bridgehead atoms. The lowest BCUT2D eigenvalue weighted by atomic mass is 9.89. The van der Waals surface area contributed by atoms with Gasteiger partial charge in [0.15, 0.2) is 0 Å². The lowest BCUT2D eigenvalue weighted by Gasteiger charge is -2.35. The number of sulfonamides is 1. The Morgan fingerprint density at radius 3 is 2.52 bits per heavy atom. The lowest BCUT2D eigenvalue weighted by molar-refractivity contribution is -0.120. The van der Waals surface area contributed by atoms with E-state index in [1.165, 1.54) is 18.3 Å². The minimum Gasteiger partial charge on any atom is -0.347 e. The van der Waals surface area contributed by atoms with Crippen LogP contribution in [0.25, 0.3) is 0 Å². The standard InChI is InChI=1S/C19H24N4O4S2/c1-13(24)21-17(18-20-9-12-28-18)14-7-10-23(11-8-14)19(25)15-5-3-4-6-16(15)22-29(2,26)27/h3-6,9,12,14,17,22H,7-8,10-11H2,1-2H3,(H,21,24). The third-order valence-corrected chi connectivity index (χ3v) is 6.28. The summed E-state index contributed by atoms with van der Waals surface area (Å²) in [5.41, 5.74) is 0.607. The van der Waals surface area contributed by atoms with Crippen LogP contribution in [0.15, 0.2) is 35.8 Å². The summed E-state index contributed by atoms with van der Waals surface area (Å²) >= 11 is 1.51. The quantitative estimate of drug-likeness (QED) is 0.722. The predicted octanol–water partition coefficient (Wildman–Crippen LogP) is 2.24. The molecule has 2 N–H and O–H groups in total. The molecule has 1 aromatic carbocycles. The van der Waals surface area contributed by atoms with E-state index < -0.39 is 10.0 Å². The largest absolute Gasteiger partial charge is 0.347 e. The van der Waals surface area contributed by atoms with Crippen molar-refractivity contribution in [3.8, 4) is 0 Å². The number of hydrogen-bond donors (Lipinski definition) is 2. The number of anilines is 1. The van der Waals surface area contributed by atoms with Gasteiger partial charge in [-0.05, 0) is 30.9 Å². The van der Waals surface area contributed by atoms with Crippen LogP contribution in [0.3, 0.4) is 0 Å². The van der Waals surface area contributed by atoms with Gasteiger partial charge in [-0.25, -0.2) is 13.4 Å². The van der Waals surface area contributed by atoms with Gasteiger partial charge in [-0.3, -0.25) is 14.3 Å². The Bertz CT molecular complexity index is 968. The monoisotopic (exact) mass is 436 g/mol. The summed E-state index contributed by atoms with van der Waals surface area (Å²) in [6.45, 7) is 2.54. The summed E-state index contributed by atoms with van der Waals surface area (Å²) in [5, 5.41) is 5.74. The smallest absolute Gasteiger partial charge is 0.255 e. The maximum Gasteiger partial charge on any atom is 0.255 e. The third-order valence-electron chi connectivity index (χ3n) is 4.83. The first-order valence-electron chi connectivity index (χ1n) is 9.27. The second-order valence-electron chi connectivity index (χ2n) is 7.10. The van der Waals surface area contributed by atoms with Gasteiger partial charge in [0.25, 0.3) is 5.91 Å². The highest BCUT2D eigenvalue weighted by Crippen LogP contribution is 2.32. The van der Waals surface area contributed by atoms with Crippen molar-refractivity contribution in [2.45, 2.75) is 25.8 Å². The average Bonchev–Trinajstić information content (AvgIpc) is 3.19. The van der Waals surface area contributed by atoms with E-state index in [0.29, 0.717) is 18.7 Å². The van der Waals surface area contributed by atoms with E-state index in [1.807, 2.05) is 5.38 Å². The molecule has 29 heavy (non-hydrogen) atoms. The van der Waals surface area contributed by atoms with Crippen molar-refractivity contribution in [3.05, 3.63) is 46.4 Å². The summed E-state index contributed by atoms with van der Waals surface area (Å²) in [4.78, 5) is 30.7. The van der Waals surface area contributed by atoms with Crippen molar-refractivity contribution in [1.29, 1.82) is 0 Å². The van der Waals surface area contributed by atoms with Crippen LogP contribution in [0.5, 0.6) is 0 Å². The maximum absolute atomic E-state index is 13.0. The third kappa shape index (κ3) is 5.54. The maximum atomic E-state index is 13.0. The number of nitrogens with one attached hydrogen (secondary N) is 2. The van der Waals surface area contributed by atoms with Gasteiger partial charge in [0, 0.05) is 31.6 Å². The van der Waals surface area contributed by atoms with Crippen LogP contribution >= 0.6 is 11.3 Å². The van der Waals surface area contributed by atoms with E-state index in [2.05, 4.69) is 15.0 Å². The first kappa shape index (κ1) is 21.3. The Hall–Kier alpha value is -2.46. The molecule has 0 aliphatic carbocycles. The highest BCUT2D eigenvalue weighted by molar-refractivity contribution is 7.92. The van der Waals surface area contributed by atoms with Crippen molar-refractivity contribution in [2.75, 3.05) is 24.1 Å². The summed E-state index contributed by atoms with van der Waals surface area (Å²) in [6, 6.07) is 6.43. The average molecular weight is 437 g/mol. The van der Waals surface area contributed by atoms with Crippen molar-refractivity contribution in [2.24, 2.45) is 5.92 Å². The van der Waals surface area contributed by atoms with Crippen LogP contribution in [-0.2, 0) is 14.8 Å². The molecule has 0 radical (unpaired) electrons. The molecular weight excluding hydrogens is 412 g/mol. The van der Waals surface area contributed by atoms with Crippen molar-refractivity contribution in [3.63, 3.8) is 0 Å². The van der Waals surface area contributed by atoms with Crippen LogP contribution in [-0.4, -0.2) is 49.5 Å². The minimum atomic E-state index is -3.49. The zero-order chi connectivity index (χ0) is 21.0. The molecule has 2 heterocycles. The molecule has 1 aliphatic rings. The number of para-hydroxylation sites is 1. The molecule has 1 unspecified atom stereocenters. The molecule has 3 rings (SSSR count). The van der Waals surface area contributed by atoms with Crippen molar-refractivity contribution in [1.82, 2.24) is 15.2 Å². The summed E-state index contributed by atoms with van der Waals surface area (Å²) in [7, 11) is -3.49. The van der Waals surface area contributed by atoms with Gasteiger partial charge in [0.05, 0.1) is 23.5 Å².